The third kappa shape index (κ3) is 4.57. The smallest absolute Gasteiger partial charge is 0.0419 e. The number of hydrogen-bond donors (Lipinski definition) is 0. The highest BCUT2D eigenvalue weighted by atomic mass is 79.9. The summed E-state index contributed by atoms with van der Waals surface area (Å²) in [4.78, 5) is 0. The molecule has 0 spiro atoms. The molecule has 0 saturated carbocycles. The zero-order chi connectivity index (χ0) is 33.9. The lowest BCUT2D eigenvalue weighted by Gasteiger charge is -2.18. The van der Waals surface area contributed by atoms with Gasteiger partial charge in [-0.3, -0.25) is 0 Å². The first-order valence-corrected chi connectivity index (χ1v) is 17.9. The van der Waals surface area contributed by atoms with E-state index in [2.05, 4.69) is 167 Å². The van der Waals surface area contributed by atoms with Crippen LogP contribution in [-0.4, -0.2) is 0 Å². The highest BCUT2D eigenvalue weighted by molar-refractivity contribution is 9.10. The van der Waals surface area contributed by atoms with Gasteiger partial charge in [-0.15, -0.1) is 0 Å². The molecule has 1 heteroatoms. The van der Waals surface area contributed by atoms with Crippen molar-refractivity contribution in [2.75, 3.05) is 0 Å². The van der Waals surface area contributed by atoms with Gasteiger partial charge < -0.3 is 0 Å². The van der Waals surface area contributed by atoms with Crippen molar-refractivity contribution in [3.63, 3.8) is 0 Å². The molecule has 0 amide bonds. The fourth-order valence-corrected chi connectivity index (χ4v) is 8.75. The summed E-state index contributed by atoms with van der Waals surface area (Å²) in [6, 6.07) is 57.8. The van der Waals surface area contributed by atoms with Crippen molar-refractivity contribution in [3.05, 3.63) is 191 Å². The number of hydrogen-bond acceptors (Lipinski definition) is 0. The highest BCUT2D eigenvalue weighted by Crippen LogP contribution is 2.61. The van der Waals surface area contributed by atoms with Gasteiger partial charge in [0.25, 0.3) is 0 Å². The minimum Gasteiger partial charge on any atom is -0.0622 e. The maximum absolute atomic E-state index is 4.22. The molecule has 9 aromatic carbocycles. The van der Waals surface area contributed by atoms with Crippen LogP contribution in [0.25, 0.3) is 76.5 Å². The predicted octanol–water partition coefficient (Wildman–Crippen LogP) is 13.2. The van der Waals surface area contributed by atoms with E-state index in [1.54, 1.807) is 0 Å². The number of rotatable bonds is 1. The predicted molar refractivity (Wildman–Crippen MR) is 219 cm³/mol. The Hall–Kier alpha value is -6.38. The Bertz CT molecular complexity index is 2940. The Morgan fingerprint density at radius 3 is 1.20 bits per heavy atom. The summed E-state index contributed by atoms with van der Waals surface area (Å²) >= 11 is 4.22. The molecule has 0 heterocycles. The van der Waals surface area contributed by atoms with Crippen molar-refractivity contribution in [1.82, 2.24) is 0 Å². The molecule has 0 fully saturated rings. The monoisotopic (exact) mass is 706 g/mol. The van der Waals surface area contributed by atoms with Crippen LogP contribution >= 0.6 is 15.9 Å². The molecule has 0 radical (unpaired) electrons. The largest absolute Gasteiger partial charge is 0.0622 e. The molecule has 234 valence electrons. The maximum atomic E-state index is 4.22. The average molecular weight is 708 g/mol. The topological polar surface area (TPSA) is 0 Å². The van der Waals surface area contributed by atoms with Crippen LogP contribution in [0.1, 0.15) is 22.3 Å². The Kier molecular flexibility index (Phi) is 6.89. The molecule has 10 rings (SSSR count). The molecule has 0 bridgehead atoms. The SMILES string of the molecule is Brc1c2c(c(-c3ccccc3)c3ccccc13)-c1c3ccccc3c(C#Cc3ccccc3)c3c(C#Cc4ccccc4)c4ccccc4c-2c13. The van der Waals surface area contributed by atoms with Gasteiger partial charge in [0.1, 0.15) is 0 Å². The van der Waals surface area contributed by atoms with E-state index in [-0.39, 0.29) is 0 Å². The van der Waals surface area contributed by atoms with Gasteiger partial charge in [0, 0.05) is 48.6 Å². The molecule has 9 aromatic rings. The molecule has 0 N–H and O–H groups in total. The van der Waals surface area contributed by atoms with Crippen LogP contribution < -0.4 is 0 Å². The van der Waals surface area contributed by atoms with E-state index in [9.17, 15) is 0 Å². The molecular weight excluding hydrogens is 680 g/mol. The molecule has 1 aliphatic rings. The second-order valence-electron chi connectivity index (χ2n) is 12.9. The zero-order valence-electron chi connectivity index (χ0n) is 27.5. The Morgan fingerprint density at radius 1 is 0.294 bits per heavy atom. The van der Waals surface area contributed by atoms with Crippen LogP contribution in [-0.2, 0) is 0 Å². The summed E-state index contributed by atoms with van der Waals surface area (Å²) in [5.74, 6) is 14.5. The van der Waals surface area contributed by atoms with Crippen LogP contribution in [0.2, 0.25) is 0 Å². The molecule has 0 saturated heterocycles. The number of benzene rings is 9. The van der Waals surface area contributed by atoms with E-state index >= 15 is 0 Å². The van der Waals surface area contributed by atoms with Gasteiger partial charge >= 0.3 is 0 Å². The zero-order valence-corrected chi connectivity index (χ0v) is 29.1. The molecule has 0 aromatic heterocycles. The van der Waals surface area contributed by atoms with E-state index in [0.717, 1.165) is 42.9 Å². The van der Waals surface area contributed by atoms with Crippen LogP contribution in [0.5, 0.6) is 0 Å². The third-order valence-corrected chi connectivity index (χ3v) is 10.9. The minimum absolute atomic E-state index is 0.982. The van der Waals surface area contributed by atoms with Crippen molar-refractivity contribution in [1.29, 1.82) is 0 Å². The lowest BCUT2D eigenvalue weighted by molar-refractivity contribution is 1.64. The quantitative estimate of drug-likeness (QED) is 0.118. The van der Waals surface area contributed by atoms with Crippen molar-refractivity contribution < 1.29 is 0 Å². The third-order valence-electron chi connectivity index (χ3n) is 10.1. The van der Waals surface area contributed by atoms with Gasteiger partial charge in [-0.2, -0.15) is 0 Å². The number of fused-ring (bicyclic) bond motifs is 8. The highest BCUT2D eigenvalue weighted by Gasteiger charge is 2.34. The van der Waals surface area contributed by atoms with Crippen LogP contribution in [0.15, 0.2) is 168 Å². The summed E-state index contributed by atoms with van der Waals surface area (Å²) < 4.78 is 1.11. The van der Waals surface area contributed by atoms with Crippen LogP contribution in [0.3, 0.4) is 0 Å². The summed E-state index contributed by atoms with van der Waals surface area (Å²) in [6.45, 7) is 0. The van der Waals surface area contributed by atoms with Crippen molar-refractivity contribution in [2.24, 2.45) is 0 Å². The van der Waals surface area contributed by atoms with Gasteiger partial charge in [-0.1, -0.05) is 163 Å². The van der Waals surface area contributed by atoms with Gasteiger partial charge in [0.15, 0.2) is 0 Å². The first-order valence-electron chi connectivity index (χ1n) is 17.2. The second kappa shape index (κ2) is 11.9. The van der Waals surface area contributed by atoms with Crippen molar-refractivity contribution in [3.8, 4) is 57.1 Å². The van der Waals surface area contributed by atoms with Crippen molar-refractivity contribution >= 4 is 59.0 Å². The second-order valence-corrected chi connectivity index (χ2v) is 13.7. The lowest BCUT2D eigenvalue weighted by atomic mass is 9.85. The molecule has 51 heavy (non-hydrogen) atoms. The van der Waals surface area contributed by atoms with Crippen LogP contribution in [0, 0.1) is 23.7 Å². The standard InChI is InChI=1S/C50H27Br/c51-50-42-27-15-14-26-39(42)43(34-20-8-3-9-21-34)47-45-37-24-12-10-22-35(37)40(30-28-32-16-4-1-5-17-32)44-41(31-29-33-18-6-2-7-19-33)36-23-11-13-25-38(36)46(48(44)45)49(47)50/h1-27H. The first kappa shape index (κ1) is 29.5. The molecule has 0 unspecified atom stereocenters. The fourth-order valence-electron chi connectivity index (χ4n) is 8.00. The lowest BCUT2D eigenvalue weighted by Crippen LogP contribution is -1.94. The van der Waals surface area contributed by atoms with Gasteiger partial charge in [0.05, 0.1) is 0 Å². The van der Waals surface area contributed by atoms with Gasteiger partial charge in [0.2, 0.25) is 0 Å². The summed E-state index contributed by atoms with van der Waals surface area (Å²) in [6.07, 6.45) is 0. The fraction of sp³-hybridized carbons (Fsp3) is 0. The van der Waals surface area contributed by atoms with E-state index < -0.39 is 0 Å². The normalized spacial score (nSPS) is 11.3. The Labute approximate surface area is 305 Å². The molecule has 1 aliphatic carbocycles. The molecular formula is C50H27Br. The Morgan fingerprint density at radius 2 is 0.686 bits per heavy atom. The average Bonchev–Trinajstić information content (AvgIpc) is 3.55. The van der Waals surface area contributed by atoms with E-state index in [4.69, 9.17) is 0 Å². The van der Waals surface area contributed by atoms with Gasteiger partial charge in [-0.05, 0) is 94.8 Å². The molecule has 0 atom stereocenters. The van der Waals surface area contributed by atoms with E-state index in [1.807, 2.05) is 36.4 Å². The van der Waals surface area contributed by atoms with Gasteiger partial charge in [-0.25, -0.2) is 0 Å². The summed E-state index contributed by atoms with van der Waals surface area (Å²) in [5, 5.41) is 9.38. The summed E-state index contributed by atoms with van der Waals surface area (Å²) in [5.41, 5.74) is 11.4. The molecule has 0 nitrogen and oxygen atoms in total. The van der Waals surface area contributed by atoms with Crippen molar-refractivity contribution in [2.45, 2.75) is 0 Å². The van der Waals surface area contributed by atoms with Crippen LogP contribution in [0.4, 0.5) is 0 Å². The Balaban J connectivity index is 1.49. The number of halogens is 1. The first-order chi connectivity index (χ1) is 25.3. The minimum atomic E-state index is 0.982. The summed E-state index contributed by atoms with van der Waals surface area (Å²) in [7, 11) is 0. The van der Waals surface area contributed by atoms with E-state index in [0.29, 0.717) is 0 Å². The maximum Gasteiger partial charge on any atom is 0.0419 e. The van der Waals surface area contributed by atoms with E-state index in [1.165, 1.54) is 60.3 Å². The molecule has 0 aliphatic heterocycles.